The summed E-state index contributed by atoms with van der Waals surface area (Å²) in [4.78, 5) is 6.26. The largest absolute Gasteiger partial charge is 0.380 e. The first-order valence-corrected chi connectivity index (χ1v) is 10.9. The van der Waals surface area contributed by atoms with Gasteiger partial charge >= 0.3 is 0 Å². The minimum absolute atomic E-state index is 0.0888. The molecule has 1 saturated heterocycles. The van der Waals surface area contributed by atoms with E-state index in [1.54, 1.807) is 6.07 Å². The Labute approximate surface area is 173 Å². The van der Waals surface area contributed by atoms with Crippen molar-refractivity contribution in [3.05, 3.63) is 78.5 Å². The van der Waals surface area contributed by atoms with Gasteiger partial charge in [0.05, 0.1) is 5.69 Å². The molecule has 0 aliphatic carbocycles. The maximum absolute atomic E-state index is 13.3. The summed E-state index contributed by atoms with van der Waals surface area (Å²) in [6.45, 7) is 1.54. The van der Waals surface area contributed by atoms with Crippen LogP contribution in [0.2, 0.25) is 0 Å². The molecule has 0 bridgehead atoms. The van der Waals surface area contributed by atoms with Gasteiger partial charge in [-0.3, -0.25) is 4.72 Å². The predicted octanol–water partition coefficient (Wildman–Crippen LogP) is 3.85. The maximum Gasteiger partial charge on any atom is 0.263 e. The Kier molecular flexibility index (Phi) is 5.54. The SMILES string of the molecule is O=S(=O)(Nc1cc(F)cc(F)c1)c1ccc(N2CCC(Nc3ccccc3)C2)nc1. The smallest absolute Gasteiger partial charge is 0.263 e. The predicted molar refractivity (Wildman–Crippen MR) is 112 cm³/mol. The second-order valence-electron chi connectivity index (χ2n) is 7.06. The van der Waals surface area contributed by atoms with E-state index < -0.39 is 21.7 Å². The molecule has 3 aromatic rings. The zero-order valence-electron chi connectivity index (χ0n) is 15.9. The van der Waals surface area contributed by atoms with Gasteiger partial charge in [-0.2, -0.15) is 0 Å². The number of para-hydroxylation sites is 1. The quantitative estimate of drug-likeness (QED) is 0.621. The van der Waals surface area contributed by atoms with Gasteiger partial charge in [-0.15, -0.1) is 0 Å². The molecule has 2 heterocycles. The Morgan fingerprint density at radius 1 is 0.967 bits per heavy atom. The highest BCUT2D eigenvalue weighted by Gasteiger charge is 2.24. The fourth-order valence-electron chi connectivity index (χ4n) is 3.40. The van der Waals surface area contributed by atoms with Crippen molar-refractivity contribution in [2.45, 2.75) is 17.4 Å². The van der Waals surface area contributed by atoms with E-state index in [2.05, 4.69) is 19.9 Å². The van der Waals surface area contributed by atoms with Crippen LogP contribution in [0.3, 0.4) is 0 Å². The number of benzene rings is 2. The molecule has 9 heteroatoms. The van der Waals surface area contributed by atoms with Crippen molar-refractivity contribution in [1.29, 1.82) is 0 Å². The summed E-state index contributed by atoms with van der Waals surface area (Å²) in [5.74, 6) is -1.06. The molecule has 1 aliphatic rings. The third-order valence-corrected chi connectivity index (χ3v) is 6.17. The molecular formula is C21H20F2N4O2S. The number of nitrogens with one attached hydrogen (secondary N) is 2. The lowest BCUT2D eigenvalue weighted by Gasteiger charge is -2.19. The van der Waals surface area contributed by atoms with E-state index in [9.17, 15) is 17.2 Å². The van der Waals surface area contributed by atoms with Crippen molar-refractivity contribution < 1.29 is 17.2 Å². The van der Waals surface area contributed by atoms with Crippen molar-refractivity contribution in [1.82, 2.24) is 4.98 Å². The van der Waals surface area contributed by atoms with E-state index in [0.29, 0.717) is 11.9 Å². The average molecular weight is 430 g/mol. The Morgan fingerprint density at radius 3 is 2.37 bits per heavy atom. The lowest BCUT2D eigenvalue weighted by Crippen LogP contribution is -2.26. The summed E-state index contributed by atoms with van der Waals surface area (Å²) >= 11 is 0. The number of sulfonamides is 1. The molecular weight excluding hydrogens is 410 g/mol. The first kappa shape index (κ1) is 20.1. The Hall–Kier alpha value is -3.20. The van der Waals surface area contributed by atoms with Crippen LogP contribution >= 0.6 is 0 Å². The highest BCUT2D eigenvalue weighted by Crippen LogP contribution is 2.23. The van der Waals surface area contributed by atoms with Crippen LogP contribution in [0.25, 0.3) is 0 Å². The van der Waals surface area contributed by atoms with Gasteiger partial charge in [-0.05, 0) is 42.8 Å². The van der Waals surface area contributed by atoms with Crippen LogP contribution in [0.4, 0.5) is 26.0 Å². The third-order valence-electron chi connectivity index (χ3n) is 4.80. The Balaban J connectivity index is 1.42. The van der Waals surface area contributed by atoms with E-state index in [1.807, 2.05) is 30.3 Å². The van der Waals surface area contributed by atoms with Crippen LogP contribution in [-0.2, 0) is 10.0 Å². The van der Waals surface area contributed by atoms with Crippen LogP contribution in [0.15, 0.2) is 71.8 Å². The normalized spacial score (nSPS) is 16.5. The van der Waals surface area contributed by atoms with Gasteiger partial charge in [0.1, 0.15) is 22.3 Å². The molecule has 0 radical (unpaired) electrons. The number of pyridine rings is 1. The molecule has 6 nitrogen and oxygen atoms in total. The van der Waals surface area contributed by atoms with Crippen LogP contribution in [0.1, 0.15) is 6.42 Å². The fraction of sp³-hybridized carbons (Fsp3) is 0.190. The number of rotatable bonds is 6. The van der Waals surface area contributed by atoms with Crippen molar-refractivity contribution in [2.75, 3.05) is 28.0 Å². The number of nitrogens with zero attached hydrogens (tertiary/aromatic N) is 2. The van der Waals surface area contributed by atoms with E-state index in [4.69, 9.17) is 0 Å². The maximum atomic E-state index is 13.3. The van der Waals surface area contributed by atoms with Crippen molar-refractivity contribution in [3.63, 3.8) is 0 Å². The van der Waals surface area contributed by atoms with Crippen LogP contribution < -0.4 is 14.9 Å². The molecule has 1 fully saturated rings. The van der Waals surface area contributed by atoms with Gasteiger partial charge in [0.2, 0.25) is 0 Å². The van der Waals surface area contributed by atoms with Gasteiger partial charge in [-0.1, -0.05) is 18.2 Å². The van der Waals surface area contributed by atoms with Crippen molar-refractivity contribution in [3.8, 4) is 0 Å². The number of hydrogen-bond donors (Lipinski definition) is 2. The lowest BCUT2D eigenvalue weighted by atomic mass is 10.2. The molecule has 1 unspecified atom stereocenters. The molecule has 156 valence electrons. The number of halogens is 2. The van der Waals surface area contributed by atoms with Crippen LogP contribution in [-0.4, -0.2) is 32.5 Å². The number of hydrogen-bond acceptors (Lipinski definition) is 5. The molecule has 1 aliphatic heterocycles. The summed E-state index contributed by atoms with van der Waals surface area (Å²) < 4.78 is 53.8. The summed E-state index contributed by atoms with van der Waals surface area (Å²) in [7, 11) is -4.02. The van der Waals surface area contributed by atoms with E-state index in [-0.39, 0.29) is 16.6 Å². The summed E-state index contributed by atoms with van der Waals surface area (Å²) in [5, 5.41) is 3.48. The first-order valence-electron chi connectivity index (χ1n) is 9.40. The summed E-state index contributed by atoms with van der Waals surface area (Å²) in [6.07, 6.45) is 2.18. The van der Waals surface area contributed by atoms with Gasteiger partial charge in [0.25, 0.3) is 10.0 Å². The molecule has 1 aromatic heterocycles. The van der Waals surface area contributed by atoms with Crippen LogP contribution in [0.5, 0.6) is 0 Å². The van der Waals surface area contributed by atoms with Crippen molar-refractivity contribution >= 4 is 27.2 Å². The van der Waals surface area contributed by atoms with Crippen molar-refractivity contribution in [2.24, 2.45) is 0 Å². The fourth-order valence-corrected chi connectivity index (χ4v) is 4.39. The second kappa shape index (κ2) is 8.27. The molecule has 30 heavy (non-hydrogen) atoms. The average Bonchev–Trinajstić information content (AvgIpc) is 3.16. The number of anilines is 3. The van der Waals surface area contributed by atoms with Crippen LogP contribution in [0, 0.1) is 11.6 Å². The zero-order chi connectivity index (χ0) is 21.1. The minimum Gasteiger partial charge on any atom is -0.380 e. The molecule has 2 N–H and O–H groups in total. The highest BCUT2D eigenvalue weighted by molar-refractivity contribution is 7.92. The molecule has 4 rings (SSSR count). The van der Waals surface area contributed by atoms with Gasteiger partial charge in [0, 0.05) is 37.1 Å². The number of aromatic nitrogens is 1. The molecule has 0 amide bonds. The Morgan fingerprint density at radius 2 is 1.70 bits per heavy atom. The summed E-state index contributed by atoms with van der Waals surface area (Å²) in [6, 6.07) is 15.8. The molecule has 2 aromatic carbocycles. The Bertz CT molecular complexity index is 1110. The van der Waals surface area contributed by atoms with Gasteiger partial charge < -0.3 is 10.2 Å². The second-order valence-corrected chi connectivity index (χ2v) is 8.74. The van der Waals surface area contributed by atoms with E-state index in [0.717, 1.165) is 37.3 Å². The minimum atomic E-state index is -4.02. The monoisotopic (exact) mass is 430 g/mol. The van der Waals surface area contributed by atoms with E-state index in [1.165, 1.54) is 12.3 Å². The molecule has 0 spiro atoms. The topological polar surface area (TPSA) is 74.3 Å². The van der Waals surface area contributed by atoms with Gasteiger partial charge in [-0.25, -0.2) is 22.2 Å². The zero-order valence-corrected chi connectivity index (χ0v) is 16.7. The van der Waals surface area contributed by atoms with E-state index >= 15 is 0 Å². The third kappa shape index (κ3) is 4.68. The highest BCUT2D eigenvalue weighted by atomic mass is 32.2. The lowest BCUT2D eigenvalue weighted by molar-refractivity contribution is 0.584. The summed E-state index contributed by atoms with van der Waals surface area (Å²) in [5.41, 5.74) is 0.865. The molecule has 1 atom stereocenters. The first-order chi connectivity index (χ1) is 14.4. The molecule has 0 saturated carbocycles. The van der Waals surface area contributed by atoms with Gasteiger partial charge in [0.15, 0.2) is 0 Å². The standard InChI is InChI=1S/C21H20F2N4O2S/c22-15-10-16(23)12-19(11-15)26-30(28,29)20-6-7-21(24-13-20)27-9-8-18(14-27)25-17-4-2-1-3-5-17/h1-7,10-13,18,25-26H,8-9,14H2.